The van der Waals surface area contributed by atoms with E-state index in [0.29, 0.717) is 31.8 Å². The summed E-state index contributed by atoms with van der Waals surface area (Å²) in [5.41, 5.74) is 3.97. The van der Waals surface area contributed by atoms with Gasteiger partial charge < -0.3 is 9.47 Å². The van der Waals surface area contributed by atoms with Crippen LogP contribution in [0.25, 0.3) is 40.1 Å². The lowest BCUT2D eigenvalue weighted by Gasteiger charge is -2.07. The number of ether oxygens (including phenoxy) is 2. The van der Waals surface area contributed by atoms with Crippen LogP contribution in [0.4, 0.5) is 0 Å². The molecule has 6 rings (SSSR count). The fraction of sp³-hybridized carbons (Fsp3) is 0.0667. The van der Waals surface area contributed by atoms with E-state index in [1.807, 2.05) is 91.1 Å². The lowest BCUT2D eigenvalue weighted by Crippen LogP contribution is -2.23. The van der Waals surface area contributed by atoms with Gasteiger partial charge in [-0.1, -0.05) is 65.4 Å². The molecule has 198 valence electrons. The molecular weight excluding hydrogens is 546 g/mol. The normalized spacial score (nSPS) is 12.0. The highest BCUT2D eigenvalue weighted by molar-refractivity contribution is 7.15. The summed E-state index contributed by atoms with van der Waals surface area (Å²) >= 11 is 7.39. The third-order valence-corrected chi connectivity index (χ3v) is 7.41. The van der Waals surface area contributed by atoms with Crippen LogP contribution in [-0.4, -0.2) is 38.6 Å². The predicted octanol–water partition coefficient (Wildman–Crippen LogP) is 5.39. The third kappa shape index (κ3) is 5.00. The Morgan fingerprint density at radius 1 is 0.900 bits per heavy atom. The summed E-state index contributed by atoms with van der Waals surface area (Å²) in [6.07, 6.45) is 7.35. The number of halogens is 1. The first kappa shape index (κ1) is 25.5. The number of fused-ring (bicyclic) bond motifs is 1. The third-order valence-electron chi connectivity index (χ3n) is 6.20. The van der Waals surface area contributed by atoms with Crippen LogP contribution in [0, 0.1) is 0 Å². The maximum Gasteiger partial charge on any atom is 0.291 e. The fourth-order valence-corrected chi connectivity index (χ4v) is 5.26. The molecule has 10 heteroatoms. The molecule has 0 atom stereocenters. The highest BCUT2D eigenvalue weighted by Crippen LogP contribution is 2.28. The number of nitrogens with zero attached hydrogens (tertiary/aromatic N) is 5. The van der Waals surface area contributed by atoms with Crippen molar-refractivity contribution in [2.75, 3.05) is 14.2 Å². The van der Waals surface area contributed by atoms with E-state index in [1.54, 1.807) is 25.0 Å². The summed E-state index contributed by atoms with van der Waals surface area (Å²) in [5.74, 6) is 1.70. The molecule has 8 nitrogen and oxygen atoms in total. The van der Waals surface area contributed by atoms with Crippen molar-refractivity contribution in [3.63, 3.8) is 0 Å². The largest absolute Gasteiger partial charge is 0.493 e. The molecule has 3 heterocycles. The van der Waals surface area contributed by atoms with Crippen molar-refractivity contribution in [3.05, 3.63) is 116 Å². The van der Waals surface area contributed by atoms with Crippen molar-refractivity contribution in [2.24, 2.45) is 0 Å². The Balaban J connectivity index is 1.37. The van der Waals surface area contributed by atoms with Crippen molar-refractivity contribution < 1.29 is 9.47 Å². The lowest BCUT2D eigenvalue weighted by molar-refractivity contribution is 0.355. The van der Waals surface area contributed by atoms with E-state index < -0.39 is 0 Å². The summed E-state index contributed by atoms with van der Waals surface area (Å²) in [6, 6.07) is 22.9. The van der Waals surface area contributed by atoms with E-state index in [1.165, 1.54) is 15.9 Å². The molecule has 3 aromatic heterocycles. The van der Waals surface area contributed by atoms with Gasteiger partial charge in [0.15, 0.2) is 17.3 Å². The van der Waals surface area contributed by atoms with Gasteiger partial charge in [-0.25, -0.2) is 4.68 Å². The number of hydrogen-bond acceptors (Lipinski definition) is 7. The SMILES string of the molecule is COc1ccc(/C=C/c2nc3s/c(=C\c4cn(-c5ccccc5)nc4-c4ccc(Cl)cc4)c(=O)n3n2)cc1OC. The van der Waals surface area contributed by atoms with Crippen molar-refractivity contribution >= 4 is 46.1 Å². The quantitative estimate of drug-likeness (QED) is 0.257. The smallest absolute Gasteiger partial charge is 0.291 e. The van der Waals surface area contributed by atoms with Gasteiger partial charge in [-0.3, -0.25) is 4.79 Å². The topological polar surface area (TPSA) is 83.5 Å². The summed E-state index contributed by atoms with van der Waals surface area (Å²) in [5, 5.41) is 9.87. The molecule has 0 radical (unpaired) electrons. The van der Waals surface area contributed by atoms with E-state index >= 15 is 0 Å². The molecule has 0 N–H and O–H groups in total. The van der Waals surface area contributed by atoms with E-state index in [4.69, 9.17) is 26.2 Å². The van der Waals surface area contributed by atoms with E-state index in [9.17, 15) is 4.79 Å². The van der Waals surface area contributed by atoms with Gasteiger partial charge >= 0.3 is 0 Å². The molecule has 0 saturated carbocycles. The first-order chi connectivity index (χ1) is 19.5. The lowest BCUT2D eigenvalue weighted by atomic mass is 10.1. The van der Waals surface area contributed by atoms with Crippen LogP contribution >= 0.6 is 22.9 Å². The molecule has 0 unspecified atom stereocenters. The molecule has 6 aromatic rings. The molecule has 0 fully saturated rings. The molecule has 0 aliphatic carbocycles. The highest BCUT2D eigenvalue weighted by atomic mass is 35.5. The maximum atomic E-state index is 13.3. The van der Waals surface area contributed by atoms with Crippen LogP contribution in [0.1, 0.15) is 17.0 Å². The summed E-state index contributed by atoms with van der Waals surface area (Å²) in [7, 11) is 3.18. The molecule has 0 bridgehead atoms. The first-order valence-electron chi connectivity index (χ1n) is 12.2. The summed E-state index contributed by atoms with van der Waals surface area (Å²) in [4.78, 5) is 18.3. The number of methoxy groups -OCH3 is 2. The zero-order valence-electron chi connectivity index (χ0n) is 21.5. The Hall–Kier alpha value is -4.73. The Morgan fingerprint density at radius 3 is 2.40 bits per heavy atom. The van der Waals surface area contributed by atoms with Gasteiger partial charge in [0.25, 0.3) is 5.56 Å². The van der Waals surface area contributed by atoms with E-state index in [0.717, 1.165) is 28.1 Å². The van der Waals surface area contributed by atoms with Crippen LogP contribution in [-0.2, 0) is 0 Å². The zero-order valence-corrected chi connectivity index (χ0v) is 23.1. The van der Waals surface area contributed by atoms with Gasteiger partial charge in [-0.2, -0.15) is 14.6 Å². The van der Waals surface area contributed by atoms with E-state index in [2.05, 4.69) is 10.1 Å². The molecule has 0 aliphatic heterocycles. The molecular formula is C30H22ClN5O3S. The standard InChI is InChI=1S/C30H22ClN5O3S/c1-38-24-14-8-19(16-25(24)39-2)9-15-27-32-30-36(33-27)29(37)26(40-30)17-21-18-35(23-6-4-3-5-7-23)34-28(21)20-10-12-22(31)13-11-20/h3-18H,1-2H3/b15-9+,26-17-. The number of para-hydroxylation sites is 1. The molecule has 0 aliphatic rings. The number of hydrogen-bond donors (Lipinski definition) is 0. The van der Waals surface area contributed by atoms with Gasteiger partial charge in [-0.05, 0) is 54.1 Å². The fourth-order valence-electron chi connectivity index (χ4n) is 4.23. The second-order valence-electron chi connectivity index (χ2n) is 8.75. The van der Waals surface area contributed by atoms with Crippen LogP contribution in [0.15, 0.2) is 83.8 Å². The Labute approximate surface area is 238 Å². The minimum absolute atomic E-state index is 0.243. The molecule has 0 saturated heterocycles. The Bertz CT molecular complexity index is 1960. The molecule has 40 heavy (non-hydrogen) atoms. The second kappa shape index (κ2) is 10.8. The van der Waals surface area contributed by atoms with Crippen LogP contribution < -0.4 is 19.6 Å². The minimum atomic E-state index is -0.243. The van der Waals surface area contributed by atoms with Crippen molar-refractivity contribution in [2.45, 2.75) is 0 Å². The van der Waals surface area contributed by atoms with E-state index in [-0.39, 0.29) is 5.56 Å². The summed E-state index contributed by atoms with van der Waals surface area (Å²) < 4.78 is 14.3. The number of thiazole rings is 1. The van der Waals surface area contributed by atoms with Gasteiger partial charge in [0, 0.05) is 22.3 Å². The summed E-state index contributed by atoms with van der Waals surface area (Å²) in [6.45, 7) is 0. The number of rotatable bonds is 7. The average molecular weight is 568 g/mol. The maximum absolute atomic E-state index is 13.3. The molecule has 0 spiro atoms. The zero-order chi connectivity index (χ0) is 27.6. The number of benzene rings is 3. The van der Waals surface area contributed by atoms with Crippen molar-refractivity contribution in [1.29, 1.82) is 0 Å². The Morgan fingerprint density at radius 2 is 1.68 bits per heavy atom. The highest BCUT2D eigenvalue weighted by Gasteiger charge is 2.14. The van der Waals surface area contributed by atoms with Crippen LogP contribution in [0.5, 0.6) is 11.5 Å². The predicted molar refractivity (Wildman–Crippen MR) is 158 cm³/mol. The van der Waals surface area contributed by atoms with Crippen molar-refractivity contribution in [3.8, 4) is 28.4 Å². The first-order valence-corrected chi connectivity index (χ1v) is 13.4. The monoisotopic (exact) mass is 567 g/mol. The minimum Gasteiger partial charge on any atom is -0.493 e. The van der Waals surface area contributed by atoms with Gasteiger partial charge in [-0.15, -0.1) is 5.10 Å². The van der Waals surface area contributed by atoms with Crippen LogP contribution in [0.2, 0.25) is 5.02 Å². The van der Waals surface area contributed by atoms with Gasteiger partial charge in [0.05, 0.1) is 24.4 Å². The van der Waals surface area contributed by atoms with Gasteiger partial charge in [0.2, 0.25) is 4.96 Å². The van der Waals surface area contributed by atoms with Gasteiger partial charge in [0.1, 0.15) is 5.69 Å². The Kier molecular flexibility index (Phi) is 6.90. The molecule has 3 aromatic carbocycles. The molecule has 0 amide bonds. The number of aromatic nitrogens is 5. The van der Waals surface area contributed by atoms with Crippen molar-refractivity contribution in [1.82, 2.24) is 24.4 Å². The van der Waals surface area contributed by atoms with Crippen LogP contribution in [0.3, 0.4) is 0 Å². The second-order valence-corrected chi connectivity index (χ2v) is 10.2. The average Bonchev–Trinajstić information content (AvgIpc) is 3.67.